The lowest BCUT2D eigenvalue weighted by molar-refractivity contribution is 0.168. The topological polar surface area (TPSA) is 35.5 Å². The predicted octanol–water partition coefficient (Wildman–Crippen LogP) is 1.08. The van der Waals surface area contributed by atoms with Crippen LogP contribution in [0.15, 0.2) is 0 Å². The van der Waals surface area contributed by atoms with E-state index in [2.05, 4.69) is 24.2 Å². The molecule has 0 aromatic carbocycles. The van der Waals surface area contributed by atoms with Crippen LogP contribution < -0.4 is 5.32 Å². The van der Waals surface area contributed by atoms with Crippen molar-refractivity contribution in [2.75, 3.05) is 33.3 Å². The zero-order valence-electron chi connectivity index (χ0n) is 10.2. The minimum absolute atomic E-state index is 0.289. The summed E-state index contributed by atoms with van der Waals surface area (Å²) in [6.07, 6.45) is 5.20. The molecule has 1 aliphatic carbocycles. The maximum absolute atomic E-state index is 9.00. The summed E-state index contributed by atoms with van der Waals surface area (Å²) in [5.74, 6) is 0.785. The lowest BCUT2D eigenvalue weighted by Crippen LogP contribution is -2.39. The molecule has 1 rings (SSSR count). The Morgan fingerprint density at radius 1 is 1.33 bits per heavy atom. The molecule has 90 valence electrons. The Hall–Kier alpha value is -0.120. The Bertz CT molecular complexity index is 158. The van der Waals surface area contributed by atoms with Crippen LogP contribution in [0.2, 0.25) is 0 Å². The van der Waals surface area contributed by atoms with E-state index in [1.807, 2.05) is 0 Å². The van der Waals surface area contributed by atoms with Crippen molar-refractivity contribution >= 4 is 0 Å². The fraction of sp³-hybridized carbons (Fsp3) is 1.00. The Morgan fingerprint density at radius 3 is 2.73 bits per heavy atom. The summed E-state index contributed by atoms with van der Waals surface area (Å²) in [5, 5.41) is 12.4. The molecule has 0 spiro atoms. The summed E-state index contributed by atoms with van der Waals surface area (Å²) in [5.41, 5.74) is 0. The van der Waals surface area contributed by atoms with Gasteiger partial charge in [-0.15, -0.1) is 0 Å². The maximum atomic E-state index is 9.00. The van der Waals surface area contributed by atoms with Crippen LogP contribution in [0.4, 0.5) is 0 Å². The molecule has 0 aromatic rings. The number of hydrogen-bond donors (Lipinski definition) is 2. The molecule has 1 aliphatic rings. The minimum Gasteiger partial charge on any atom is -0.395 e. The van der Waals surface area contributed by atoms with E-state index < -0.39 is 0 Å². The number of aliphatic hydroxyl groups excluding tert-OH is 1. The van der Waals surface area contributed by atoms with Gasteiger partial charge in [-0.3, -0.25) is 0 Å². The molecule has 0 aliphatic heterocycles. The summed E-state index contributed by atoms with van der Waals surface area (Å²) < 4.78 is 0. The molecule has 0 amide bonds. The molecule has 3 nitrogen and oxygen atoms in total. The van der Waals surface area contributed by atoms with Crippen LogP contribution in [0.25, 0.3) is 0 Å². The third-order valence-electron chi connectivity index (χ3n) is 3.48. The fourth-order valence-electron chi connectivity index (χ4n) is 2.72. The van der Waals surface area contributed by atoms with Crippen LogP contribution in [0.5, 0.6) is 0 Å². The molecule has 1 fully saturated rings. The SMILES string of the molecule is CCCN(CCO)CC1CCCC1NC. The first-order valence-electron chi connectivity index (χ1n) is 6.32. The van der Waals surface area contributed by atoms with Crippen molar-refractivity contribution < 1.29 is 5.11 Å². The van der Waals surface area contributed by atoms with Crippen LogP contribution in [0.1, 0.15) is 32.6 Å². The van der Waals surface area contributed by atoms with Gasteiger partial charge in [0.05, 0.1) is 6.61 Å². The summed E-state index contributed by atoms with van der Waals surface area (Å²) in [6, 6.07) is 0.697. The first kappa shape index (κ1) is 12.9. The molecule has 1 saturated carbocycles. The van der Waals surface area contributed by atoms with E-state index in [9.17, 15) is 0 Å². The third-order valence-corrected chi connectivity index (χ3v) is 3.48. The van der Waals surface area contributed by atoms with Crippen molar-refractivity contribution in [1.82, 2.24) is 10.2 Å². The van der Waals surface area contributed by atoms with Crippen LogP contribution in [-0.4, -0.2) is 49.3 Å². The predicted molar refractivity (Wildman–Crippen MR) is 64.0 cm³/mol. The second-order valence-electron chi connectivity index (χ2n) is 4.61. The van der Waals surface area contributed by atoms with Gasteiger partial charge >= 0.3 is 0 Å². The van der Waals surface area contributed by atoms with Crippen molar-refractivity contribution in [2.45, 2.75) is 38.6 Å². The number of aliphatic hydroxyl groups is 1. The average Bonchev–Trinajstić information content (AvgIpc) is 2.66. The Kier molecular flexibility index (Phi) is 6.22. The van der Waals surface area contributed by atoms with Crippen LogP contribution in [0.3, 0.4) is 0 Å². The molecule has 3 heteroatoms. The van der Waals surface area contributed by atoms with Crippen molar-refractivity contribution in [3.63, 3.8) is 0 Å². The Labute approximate surface area is 93.9 Å². The smallest absolute Gasteiger partial charge is 0.0558 e. The lowest BCUT2D eigenvalue weighted by atomic mass is 10.0. The van der Waals surface area contributed by atoms with E-state index >= 15 is 0 Å². The molecular formula is C12H26N2O. The molecule has 0 radical (unpaired) electrons. The summed E-state index contributed by atoms with van der Waals surface area (Å²) in [6.45, 7) is 5.60. The first-order valence-corrected chi connectivity index (χ1v) is 6.32. The second-order valence-corrected chi connectivity index (χ2v) is 4.61. The number of nitrogens with zero attached hydrogens (tertiary/aromatic N) is 1. The van der Waals surface area contributed by atoms with Crippen LogP contribution in [0, 0.1) is 5.92 Å². The van der Waals surface area contributed by atoms with Gasteiger partial charge in [0.25, 0.3) is 0 Å². The van der Waals surface area contributed by atoms with Gasteiger partial charge in [0.2, 0.25) is 0 Å². The molecule has 2 N–H and O–H groups in total. The van der Waals surface area contributed by atoms with E-state index in [4.69, 9.17) is 5.11 Å². The quantitative estimate of drug-likeness (QED) is 0.665. The summed E-state index contributed by atoms with van der Waals surface area (Å²) in [4.78, 5) is 2.40. The monoisotopic (exact) mass is 214 g/mol. The van der Waals surface area contributed by atoms with Gasteiger partial charge in [-0.2, -0.15) is 0 Å². The standard InChI is InChI=1S/C12H26N2O/c1-3-7-14(8-9-15)10-11-5-4-6-12(11)13-2/h11-13,15H,3-10H2,1-2H3. The number of rotatable bonds is 7. The average molecular weight is 214 g/mol. The van der Waals surface area contributed by atoms with Crippen LogP contribution in [-0.2, 0) is 0 Å². The van der Waals surface area contributed by atoms with Crippen molar-refractivity contribution in [3.05, 3.63) is 0 Å². The van der Waals surface area contributed by atoms with E-state index in [1.54, 1.807) is 0 Å². The molecule has 0 saturated heterocycles. The van der Waals surface area contributed by atoms with Gasteiger partial charge in [-0.25, -0.2) is 0 Å². The first-order chi connectivity index (χ1) is 7.31. The van der Waals surface area contributed by atoms with Gasteiger partial charge in [-0.05, 0) is 38.8 Å². The normalized spacial score (nSPS) is 26.4. The fourth-order valence-corrected chi connectivity index (χ4v) is 2.72. The largest absolute Gasteiger partial charge is 0.395 e. The molecule has 15 heavy (non-hydrogen) atoms. The van der Waals surface area contributed by atoms with Gasteiger partial charge in [0.1, 0.15) is 0 Å². The third kappa shape index (κ3) is 4.09. The highest BCUT2D eigenvalue weighted by Crippen LogP contribution is 2.26. The van der Waals surface area contributed by atoms with Crippen LogP contribution >= 0.6 is 0 Å². The molecule has 2 unspecified atom stereocenters. The zero-order chi connectivity index (χ0) is 11.1. The van der Waals surface area contributed by atoms with E-state index in [0.717, 1.165) is 25.6 Å². The van der Waals surface area contributed by atoms with Crippen molar-refractivity contribution in [3.8, 4) is 0 Å². The van der Waals surface area contributed by atoms with E-state index in [-0.39, 0.29) is 6.61 Å². The number of hydrogen-bond acceptors (Lipinski definition) is 3. The van der Waals surface area contributed by atoms with E-state index in [0.29, 0.717) is 6.04 Å². The molecule has 0 bridgehead atoms. The summed E-state index contributed by atoms with van der Waals surface area (Å²) in [7, 11) is 2.07. The summed E-state index contributed by atoms with van der Waals surface area (Å²) >= 11 is 0. The molecule has 0 aromatic heterocycles. The van der Waals surface area contributed by atoms with Crippen molar-refractivity contribution in [2.24, 2.45) is 5.92 Å². The minimum atomic E-state index is 0.289. The molecule has 2 atom stereocenters. The highest BCUT2D eigenvalue weighted by atomic mass is 16.3. The van der Waals surface area contributed by atoms with Crippen molar-refractivity contribution in [1.29, 1.82) is 0 Å². The highest BCUT2D eigenvalue weighted by Gasteiger charge is 2.27. The van der Waals surface area contributed by atoms with E-state index in [1.165, 1.54) is 25.7 Å². The molecular weight excluding hydrogens is 188 g/mol. The Morgan fingerprint density at radius 2 is 2.13 bits per heavy atom. The Balaban J connectivity index is 2.35. The lowest BCUT2D eigenvalue weighted by Gasteiger charge is -2.27. The van der Waals surface area contributed by atoms with Gasteiger partial charge in [-0.1, -0.05) is 13.3 Å². The van der Waals surface area contributed by atoms with Gasteiger partial charge in [0, 0.05) is 19.1 Å². The highest BCUT2D eigenvalue weighted by molar-refractivity contribution is 4.84. The zero-order valence-corrected chi connectivity index (χ0v) is 10.2. The van der Waals surface area contributed by atoms with Gasteiger partial charge < -0.3 is 15.3 Å². The second kappa shape index (κ2) is 7.20. The maximum Gasteiger partial charge on any atom is 0.0558 e. The number of nitrogens with one attached hydrogen (secondary N) is 1. The molecule has 0 heterocycles. The van der Waals surface area contributed by atoms with Gasteiger partial charge in [0.15, 0.2) is 0 Å².